The van der Waals surface area contributed by atoms with E-state index in [9.17, 15) is 9.90 Å². The lowest BCUT2D eigenvalue weighted by molar-refractivity contribution is -0.115. The van der Waals surface area contributed by atoms with Crippen molar-refractivity contribution in [2.75, 3.05) is 36.4 Å². The van der Waals surface area contributed by atoms with E-state index in [1.165, 1.54) is 11.3 Å². The van der Waals surface area contributed by atoms with Crippen molar-refractivity contribution in [3.8, 4) is 5.75 Å². The molecule has 156 valence electrons. The molecule has 2 aromatic carbocycles. The van der Waals surface area contributed by atoms with Gasteiger partial charge in [-0.2, -0.15) is 0 Å². The number of piperazine rings is 1. The van der Waals surface area contributed by atoms with Gasteiger partial charge in [-0.25, -0.2) is 4.98 Å². The van der Waals surface area contributed by atoms with E-state index in [1.54, 1.807) is 6.07 Å². The molecule has 2 heterocycles. The number of amides is 1. The number of anilines is 2. The maximum atomic E-state index is 12.4. The second kappa shape index (κ2) is 9.28. The Balaban J connectivity index is 1.27. The van der Waals surface area contributed by atoms with E-state index in [1.807, 2.05) is 54.8 Å². The first-order valence-corrected chi connectivity index (χ1v) is 11.0. The van der Waals surface area contributed by atoms with Crippen LogP contribution in [0.3, 0.4) is 0 Å². The van der Waals surface area contributed by atoms with Gasteiger partial charge in [-0.05, 0) is 30.7 Å². The van der Waals surface area contributed by atoms with Gasteiger partial charge < -0.3 is 15.3 Å². The minimum atomic E-state index is -0.0403. The number of phenolic OH excluding ortho intramolecular Hbond substituents is 1. The van der Waals surface area contributed by atoms with Crippen LogP contribution >= 0.6 is 11.3 Å². The van der Waals surface area contributed by atoms with Crippen molar-refractivity contribution < 1.29 is 9.90 Å². The molecule has 0 atom stereocenters. The molecule has 2 N–H and O–H groups in total. The van der Waals surface area contributed by atoms with Gasteiger partial charge in [0.2, 0.25) is 5.91 Å². The minimum Gasteiger partial charge on any atom is -0.506 e. The van der Waals surface area contributed by atoms with Crippen LogP contribution < -0.4 is 10.2 Å². The first-order valence-electron chi connectivity index (χ1n) is 10.1. The molecule has 0 saturated carbocycles. The molecular weight excluding hydrogens is 396 g/mol. The number of carbonyl (C=O) groups excluding carboxylic acids is 1. The van der Waals surface area contributed by atoms with Crippen LogP contribution in [0.5, 0.6) is 5.75 Å². The third kappa shape index (κ3) is 4.98. The van der Waals surface area contributed by atoms with E-state index < -0.39 is 0 Å². The van der Waals surface area contributed by atoms with Crippen LogP contribution in [0.1, 0.15) is 16.3 Å². The van der Waals surface area contributed by atoms with Crippen LogP contribution in [-0.2, 0) is 17.8 Å². The number of hydrogen-bond donors (Lipinski definition) is 2. The molecule has 0 unspecified atom stereocenters. The molecule has 3 aromatic rings. The second-order valence-corrected chi connectivity index (χ2v) is 8.47. The number of nitrogens with zero attached hydrogens (tertiary/aromatic N) is 3. The fraction of sp³-hybridized carbons (Fsp3) is 0.304. The summed E-state index contributed by atoms with van der Waals surface area (Å²) in [7, 11) is 0. The Bertz CT molecular complexity index is 1010. The summed E-state index contributed by atoms with van der Waals surface area (Å²) >= 11 is 1.54. The molecule has 0 bridgehead atoms. The maximum absolute atomic E-state index is 12.4. The van der Waals surface area contributed by atoms with E-state index in [-0.39, 0.29) is 5.91 Å². The van der Waals surface area contributed by atoms with Crippen LogP contribution in [0.2, 0.25) is 0 Å². The number of aromatic nitrogens is 1. The van der Waals surface area contributed by atoms with Crippen LogP contribution in [0.15, 0.2) is 53.9 Å². The zero-order valence-electron chi connectivity index (χ0n) is 17.0. The van der Waals surface area contributed by atoms with Crippen LogP contribution in [0.4, 0.5) is 11.4 Å². The van der Waals surface area contributed by atoms with Crippen molar-refractivity contribution in [1.82, 2.24) is 9.88 Å². The number of aryl methyl sites for hydroxylation is 1. The molecule has 30 heavy (non-hydrogen) atoms. The normalized spacial score (nSPS) is 14.6. The molecule has 1 saturated heterocycles. The zero-order valence-corrected chi connectivity index (χ0v) is 17.9. The number of benzene rings is 2. The number of phenols is 1. The number of thiazole rings is 1. The molecule has 1 aliphatic rings. The summed E-state index contributed by atoms with van der Waals surface area (Å²) in [6.07, 6.45) is 0.292. The fourth-order valence-electron chi connectivity index (χ4n) is 3.66. The zero-order chi connectivity index (χ0) is 20.9. The molecule has 0 spiro atoms. The molecule has 6 nitrogen and oxygen atoms in total. The summed E-state index contributed by atoms with van der Waals surface area (Å²) in [6.45, 7) is 6.32. The molecule has 1 fully saturated rings. The number of aromatic hydroxyl groups is 1. The van der Waals surface area contributed by atoms with Crippen LogP contribution in [0, 0.1) is 6.92 Å². The van der Waals surface area contributed by atoms with Gasteiger partial charge in [-0.1, -0.05) is 30.3 Å². The van der Waals surface area contributed by atoms with E-state index in [0.717, 1.165) is 60.4 Å². The third-order valence-electron chi connectivity index (χ3n) is 5.31. The Morgan fingerprint density at radius 1 is 1.10 bits per heavy atom. The first-order chi connectivity index (χ1) is 14.6. The van der Waals surface area contributed by atoms with Gasteiger partial charge in [-0.3, -0.25) is 9.69 Å². The Kier molecular flexibility index (Phi) is 6.30. The van der Waals surface area contributed by atoms with E-state index >= 15 is 0 Å². The molecule has 1 amide bonds. The maximum Gasteiger partial charge on any atom is 0.231 e. The molecule has 0 radical (unpaired) electrons. The van der Waals surface area contributed by atoms with Gasteiger partial charge in [0, 0.05) is 43.8 Å². The standard InChI is InChI=1S/C23H26N4O2S/c1-17-6-2-3-7-19(17)25-22(29)14-23-24-18(16-30-23)15-26-10-12-27(13-11-26)20-8-4-5-9-21(20)28/h2-9,16,28H,10-15H2,1H3,(H,25,29). The summed E-state index contributed by atoms with van der Waals surface area (Å²) < 4.78 is 0. The van der Waals surface area contributed by atoms with Crippen molar-refractivity contribution in [2.45, 2.75) is 19.9 Å². The summed E-state index contributed by atoms with van der Waals surface area (Å²) in [5.41, 5.74) is 3.80. The predicted octanol–water partition coefficient (Wildman–Crippen LogP) is 3.66. The highest BCUT2D eigenvalue weighted by atomic mass is 32.1. The Hall–Kier alpha value is -2.90. The third-order valence-corrected chi connectivity index (χ3v) is 6.21. The van der Waals surface area contributed by atoms with E-state index in [4.69, 9.17) is 0 Å². The molecule has 1 aliphatic heterocycles. The van der Waals surface area contributed by atoms with Crippen molar-refractivity contribution in [3.05, 3.63) is 70.2 Å². The average molecular weight is 423 g/mol. The van der Waals surface area contributed by atoms with Gasteiger partial charge >= 0.3 is 0 Å². The van der Waals surface area contributed by atoms with Crippen LogP contribution in [-0.4, -0.2) is 47.1 Å². The summed E-state index contributed by atoms with van der Waals surface area (Å²) in [5, 5.41) is 15.9. The fourth-order valence-corrected chi connectivity index (χ4v) is 4.44. The Morgan fingerprint density at radius 2 is 1.83 bits per heavy atom. The minimum absolute atomic E-state index is 0.0403. The number of nitrogens with one attached hydrogen (secondary N) is 1. The summed E-state index contributed by atoms with van der Waals surface area (Å²) in [4.78, 5) is 21.6. The highest BCUT2D eigenvalue weighted by Crippen LogP contribution is 2.27. The van der Waals surface area contributed by atoms with E-state index in [0.29, 0.717) is 12.2 Å². The van der Waals surface area contributed by atoms with Gasteiger partial charge in [0.1, 0.15) is 10.8 Å². The quantitative estimate of drug-likeness (QED) is 0.635. The molecule has 1 aromatic heterocycles. The molecule has 4 rings (SSSR count). The number of para-hydroxylation sites is 3. The number of hydrogen-bond acceptors (Lipinski definition) is 6. The lowest BCUT2D eigenvalue weighted by atomic mass is 10.2. The number of carbonyl (C=O) groups is 1. The second-order valence-electron chi connectivity index (χ2n) is 7.52. The van der Waals surface area contributed by atoms with Crippen molar-refractivity contribution in [1.29, 1.82) is 0 Å². The summed E-state index contributed by atoms with van der Waals surface area (Å²) in [6, 6.07) is 15.3. The lowest BCUT2D eigenvalue weighted by Gasteiger charge is -2.36. The molecule has 7 heteroatoms. The van der Waals surface area contributed by atoms with Crippen molar-refractivity contribution >= 4 is 28.6 Å². The van der Waals surface area contributed by atoms with Gasteiger partial charge in [-0.15, -0.1) is 11.3 Å². The largest absolute Gasteiger partial charge is 0.506 e. The first kappa shape index (κ1) is 20.4. The number of rotatable bonds is 6. The van der Waals surface area contributed by atoms with Crippen LogP contribution in [0.25, 0.3) is 0 Å². The average Bonchev–Trinajstić information content (AvgIpc) is 3.17. The molecular formula is C23H26N4O2S. The Morgan fingerprint density at radius 3 is 2.60 bits per heavy atom. The monoisotopic (exact) mass is 422 g/mol. The Labute approximate surface area is 180 Å². The van der Waals surface area contributed by atoms with Crippen molar-refractivity contribution in [2.24, 2.45) is 0 Å². The molecule has 0 aliphatic carbocycles. The summed E-state index contributed by atoms with van der Waals surface area (Å²) in [5.74, 6) is 0.292. The van der Waals surface area contributed by atoms with Gasteiger partial charge in [0.05, 0.1) is 17.8 Å². The van der Waals surface area contributed by atoms with Gasteiger partial charge in [0.15, 0.2) is 0 Å². The highest BCUT2D eigenvalue weighted by molar-refractivity contribution is 7.09. The lowest BCUT2D eigenvalue weighted by Crippen LogP contribution is -2.46. The topological polar surface area (TPSA) is 68.7 Å². The van der Waals surface area contributed by atoms with Crippen molar-refractivity contribution in [3.63, 3.8) is 0 Å². The van der Waals surface area contributed by atoms with Gasteiger partial charge in [0.25, 0.3) is 0 Å². The smallest absolute Gasteiger partial charge is 0.231 e. The highest BCUT2D eigenvalue weighted by Gasteiger charge is 2.20. The van der Waals surface area contributed by atoms with E-state index in [2.05, 4.69) is 20.1 Å². The predicted molar refractivity (Wildman–Crippen MR) is 121 cm³/mol. The SMILES string of the molecule is Cc1ccccc1NC(=O)Cc1nc(CN2CCN(c3ccccc3O)CC2)cs1.